The first-order chi connectivity index (χ1) is 3.72. The van der Waals surface area contributed by atoms with Crippen LogP contribution in [0.1, 0.15) is 0 Å². The molecule has 2 atom stereocenters. The second-order valence-electron chi connectivity index (χ2n) is 1.15. The number of thiol groups is 2. The molecule has 0 heterocycles. The summed E-state index contributed by atoms with van der Waals surface area (Å²) in [6.07, 6.45) is 0. The van der Waals surface area contributed by atoms with Crippen LogP contribution in [0.15, 0.2) is 0 Å². The molecule has 0 fully saturated rings. The Morgan fingerprint density at radius 2 is 1.25 bits per heavy atom. The van der Waals surface area contributed by atoms with E-state index in [2.05, 4.69) is 25.3 Å². The van der Waals surface area contributed by atoms with E-state index in [1.165, 1.54) is 0 Å². The third kappa shape index (κ3) is 2.11. The van der Waals surface area contributed by atoms with E-state index in [1.807, 2.05) is 0 Å². The highest BCUT2D eigenvalue weighted by Crippen LogP contribution is 2.05. The number of hydrogen-bond acceptors (Lipinski definition) is 4. The first-order valence-corrected chi connectivity index (χ1v) is 2.91. The molecule has 8 heavy (non-hydrogen) atoms. The van der Waals surface area contributed by atoms with Crippen molar-refractivity contribution in [3.05, 3.63) is 0 Å². The topological polar surface area (TPSA) is 47.6 Å². The molecule has 0 aliphatic carbocycles. The molecule has 0 rings (SSSR count). The summed E-state index contributed by atoms with van der Waals surface area (Å²) in [5.41, 5.74) is 0. The van der Waals surface area contributed by atoms with Crippen molar-refractivity contribution >= 4 is 25.3 Å². The summed E-state index contributed by atoms with van der Waals surface area (Å²) >= 11 is 7.49. The van der Waals surface area contributed by atoms with Gasteiger partial charge < -0.3 is 0 Å². The molecular formula is C4H4N2S2. The average Bonchev–Trinajstić information content (AvgIpc) is 1.84. The minimum atomic E-state index is -0.580. The van der Waals surface area contributed by atoms with E-state index < -0.39 is 10.5 Å². The van der Waals surface area contributed by atoms with Crippen molar-refractivity contribution in [1.29, 1.82) is 10.5 Å². The van der Waals surface area contributed by atoms with Crippen LogP contribution in [-0.4, -0.2) is 10.5 Å². The zero-order valence-corrected chi connectivity index (χ0v) is 5.73. The van der Waals surface area contributed by atoms with Crippen LogP contribution in [0.2, 0.25) is 0 Å². The monoisotopic (exact) mass is 144 g/mol. The van der Waals surface area contributed by atoms with Crippen molar-refractivity contribution in [2.24, 2.45) is 0 Å². The molecule has 0 aliphatic heterocycles. The fourth-order valence-electron chi connectivity index (χ4n) is 0.141. The van der Waals surface area contributed by atoms with Gasteiger partial charge in [0.1, 0.15) is 10.5 Å². The lowest BCUT2D eigenvalue weighted by Crippen LogP contribution is -2.09. The highest BCUT2D eigenvalue weighted by Gasteiger charge is 2.10. The Bertz CT molecular complexity index is 125. The fourth-order valence-corrected chi connectivity index (χ4v) is 0.275. The summed E-state index contributed by atoms with van der Waals surface area (Å²) in [5, 5.41) is 15.1. The summed E-state index contributed by atoms with van der Waals surface area (Å²) in [7, 11) is 0. The van der Waals surface area contributed by atoms with Crippen molar-refractivity contribution in [2.75, 3.05) is 0 Å². The number of nitriles is 2. The van der Waals surface area contributed by atoms with Gasteiger partial charge in [0.25, 0.3) is 0 Å². The minimum absolute atomic E-state index is 0.580. The molecular weight excluding hydrogens is 140 g/mol. The molecule has 0 radical (unpaired) electrons. The van der Waals surface area contributed by atoms with Gasteiger partial charge in [0.2, 0.25) is 0 Å². The van der Waals surface area contributed by atoms with Crippen molar-refractivity contribution in [1.82, 2.24) is 0 Å². The molecule has 0 aliphatic rings. The second-order valence-corrected chi connectivity index (χ2v) is 2.26. The maximum atomic E-state index is 8.11. The lowest BCUT2D eigenvalue weighted by Gasteiger charge is -1.97. The first-order valence-electron chi connectivity index (χ1n) is 1.87. The van der Waals surface area contributed by atoms with E-state index in [0.29, 0.717) is 0 Å². The van der Waals surface area contributed by atoms with Gasteiger partial charge in [0, 0.05) is 0 Å². The maximum absolute atomic E-state index is 8.11. The molecule has 2 nitrogen and oxygen atoms in total. The Labute approximate surface area is 58.9 Å². The van der Waals surface area contributed by atoms with E-state index >= 15 is 0 Å². The van der Waals surface area contributed by atoms with Crippen molar-refractivity contribution in [3.8, 4) is 12.1 Å². The lowest BCUT2D eigenvalue weighted by atomic mass is 10.3. The van der Waals surface area contributed by atoms with Gasteiger partial charge in [-0.05, 0) is 0 Å². The van der Waals surface area contributed by atoms with Gasteiger partial charge >= 0.3 is 0 Å². The van der Waals surface area contributed by atoms with Crippen LogP contribution >= 0.6 is 25.3 Å². The molecule has 0 amide bonds. The summed E-state index contributed by atoms with van der Waals surface area (Å²) in [6.45, 7) is 0. The van der Waals surface area contributed by atoms with Crippen LogP contribution in [0.5, 0.6) is 0 Å². The van der Waals surface area contributed by atoms with E-state index in [-0.39, 0.29) is 0 Å². The van der Waals surface area contributed by atoms with Crippen LogP contribution in [0.25, 0.3) is 0 Å². The van der Waals surface area contributed by atoms with Gasteiger partial charge in [-0.25, -0.2) is 0 Å². The summed E-state index contributed by atoms with van der Waals surface area (Å²) < 4.78 is 0. The summed E-state index contributed by atoms with van der Waals surface area (Å²) in [6, 6.07) is 3.56. The van der Waals surface area contributed by atoms with Crippen LogP contribution in [-0.2, 0) is 0 Å². The maximum Gasteiger partial charge on any atom is 0.113 e. The Morgan fingerprint density at radius 1 is 1.00 bits per heavy atom. The SMILES string of the molecule is N#CC(S)C(S)C#N. The second kappa shape index (κ2) is 3.65. The molecule has 4 heteroatoms. The molecule has 0 saturated heterocycles. The Balaban J connectivity index is 3.72. The molecule has 2 unspecified atom stereocenters. The number of nitrogens with zero attached hydrogens (tertiary/aromatic N) is 2. The molecule has 0 aromatic heterocycles. The van der Waals surface area contributed by atoms with Crippen LogP contribution in [0.4, 0.5) is 0 Å². The molecule has 0 aromatic carbocycles. The predicted octanol–water partition coefficient (Wildman–Crippen LogP) is 0.630. The Kier molecular flexibility index (Phi) is 3.51. The normalized spacial score (nSPS) is 15.5. The van der Waals surface area contributed by atoms with E-state index in [4.69, 9.17) is 10.5 Å². The Hall–Kier alpha value is -0.320. The third-order valence-corrected chi connectivity index (χ3v) is 1.63. The van der Waals surface area contributed by atoms with Gasteiger partial charge in [-0.1, -0.05) is 0 Å². The van der Waals surface area contributed by atoms with Crippen LogP contribution in [0, 0.1) is 22.7 Å². The summed E-state index contributed by atoms with van der Waals surface area (Å²) in [4.78, 5) is 0. The minimum Gasteiger partial charge on any atom is -0.197 e. The van der Waals surface area contributed by atoms with Crippen LogP contribution in [0.3, 0.4) is 0 Å². The molecule has 42 valence electrons. The van der Waals surface area contributed by atoms with E-state index in [1.54, 1.807) is 12.1 Å². The quantitative estimate of drug-likeness (QED) is 0.530. The van der Waals surface area contributed by atoms with Gasteiger partial charge in [0.05, 0.1) is 12.1 Å². The van der Waals surface area contributed by atoms with E-state index in [9.17, 15) is 0 Å². The fraction of sp³-hybridized carbons (Fsp3) is 0.500. The number of hydrogen-bond donors (Lipinski definition) is 2. The first kappa shape index (κ1) is 7.68. The van der Waals surface area contributed by atoms with Gasteiger partial charge in [-0.15, -0.1) is 0 Å². The van der Waals surface area contributed by atoms with Gasteiger partial charge in [0.15, 0.2) is 0 Å². The molecule has 0 saturated carbocycles. The highest BCUT2D eigenvalue weighted by atomic mass is 32.1. The van der Waals surface area contributed by atoms with Gasteiger partial charge in [-0.3, -0.25) is 0 Å². The standard InChI is InChI=1S/C4H4N2S2/c5-1-3(7)4(8)2-6/h3-4,7-8H. The largest absolute Gasteiger partial charge is 0.197 e. The van der Waals surface area contributed by atoms with Gasteiger partial charge in [-0.2, -0.15) is 35.8 Å². The number of rotatable bonds is 1. The predicted molar refractivity (Wildman–Crippen MR) is 36.8 cm³/mol. The third-order valence-electron chi connectivity index (χ3n) is 0.564. The van der Waals surface area contributed by atoms with Crippen LogP contribution < -0.4 is 0 Å². The average molecular weight is 144 g/mol. The lowest BCUT2D eigenvalue weighted by molar-refractivity contribution is 1.12. The zero-order valence-electron chi connectivity index (χ0n) is 3.94. The molecule has 0 aromatic rings. The van der Waals surface area contributed by atoms with Crippen molar-refractivity contribution in [2.45, 2.75) is 10.5 Å². The van der Waals surface area contributed by atoms with Crippen molar-refractivity contribution < 1.29 is 0 Å². The molecule has 0 bridgehead atoms. The Morgan fingerprint density at radius 3 is 1.38 bits per heavy atom. The molecule has 0 spiro atoms. The molecule has 0 N–H and O–H groups in total. The summed E-state index contributed by atoms with van der Waals surface area (Å²) in [5.74, 6) is 0. The zero-order chi connectivity index (χ0) is 6.57. The highest BCUT2D eigenvalue weighted by molar-refractivity contribution is 7.85. The van der Waals surface area contributed by atoms with E-state index in [0.717, 1.165) is 0 Å². The smallest absolute Gasteiger partial charge is 0.113 e. The van der Waals surface area contributed by atoms with Crippen molar-refractivity contribution in [3.63, 3.8) is 0 Å².